The highest BCUT2D eigenvalue weighted by molar-refractivity contribution is 9.10. The Morgan fingerprint density at radius 3 is 3.00 bits per heavy atom. The molecule has 6 nitrogen and oxygen atoms in total. The second kappa shape index (κ2) is 5.03. The molecule has 0 aliphatic carbocycles. The van der Waals surface area contributed by atoms with Crippen molar-refractivity contribution in [2.75, 3.05) is 13.9 Å². The third kappa shape index (κ3) is 2.23. The van der Waals surface area contributed by atoms with Gasteiger partial charge in [0.2, 0.25) is 6.79 Å². The van der Waals surface area contributed by atoms with Crippen LogP contribution < -0.4 is 19.9 Å². The first kappa shape index (κ1) is 13.0. The van der Waals surface area contributed by atoms with Crippen molar-refractivity contribution in [2.24, 2.45) is 5.73 Å². The van der Waals surface area contributed by atoms with E-state index in [1.54, 1.807) is 6.07 Å². The smallest absolute Gasteiger partial charge is 0.320 e. The van der Waals surface area contributed by atoms with E-state index in [-0.39, 0.29) is 13.2 Å². The van der Waals surface area contributed by atoms with Gasteiger partial charge < -0.3 is 25.1 Å². The molecular formula is C11H12BrNO5. The van der Waals surface area contributed by atoms with Gasteiger partial charge in [0.05, 0.1) is 11.6 Å². The van der Waals surface area contributed by atoms with Crippen LogP contribution in [0.15, 0.2) is 10.5 Å². The van der Waals surface area contributed by atoms with Gasteiger partial charge in [-0.3, -0.25) is 4.79 Å². The quantitative estimate of drug-likeness (QED) is 0.865. The van der Waals surface area contributed by atoms with Crippen molar-refractivity contribution in [3.05, 3.63) is 16.1 Å². The van der Waals surface area contributed by atoms with Crippen molar-refractivity contribution in [1.82, 2.24) is 0 Å². The number of aliphatic carboxylic acids is 1. The first-order valence-corrected chi connectivity index (χ1v) is 5.97. The Hall–Kier alpha value is -1.47. The lowest BCUT2D eigenvalue weighted by atomic mass is 10.0. The topological polar surface area (TPSA) is 91.0 Å². The molecule has 3 N–H and O–H groups in total. The van der Waals surface area contributed by atoms with Crippen LogP contribution in [0.25, 0.3) is 0 Å². The average molecular weight is 318 g/mol. The highest BCUT2D eigenvalue weighted by Crippen LogP contribution is 2.45. The fourth-order valence-electron chi connectivity index (χ4n) is 1.77. The Kier molecular flexibility index (Phi) is 3.63. The number of fused-ring (bicyclic) bond motifs is 1. The Bertz CT molecular complexity index is 487. The van der Waals surface area contributed by atoms with E-state index in [4.69, 9.17) is 25.1 Å². The van der Waals surface area contributed by atoms with Crippen molar-refractivity contribution >= 4 is 21.9 Å². The van der Waals surface area contributed by atoms with Crippen LogP contribution in [0.3, 0.4) is 0 Å². The number of hydrogen-bond donors (Lipinski definition) is 2. The molecule has 1 unspecified atom stereocenters. The van der Waals surface area contributed by atoms with E-state index in [9.17, 15) is 4.79 Å². The summed E-state index contributed by atoms with van der Waals surface area (Å²) >= 11 is 3.34. The van der Waals surface area contributed by atoms with Gasteiger partial charge in [-0.2, -0.15) is 0 Å². The van der Waals surface area contributed by atoms with Gasteiger partial charge in [-0.1, -0.05) is 0 Å². The minimum Gasteiger partial charge on any atom is -0.495 e. The maximum Gasteiger partial charge on any atom is 0.320 e. The van der Waals surface area contributed by atoms with E-state index in [0.29, 0.717) is 27.3 Å². The molecule has 0 fully saturated rings. The molecule has 0 saturated heterocycles. The molecule has 98 valence electrons. The number of carboxylic acids is 1. The number of methoxy groups -OCH3 is 1. The molecule has 0 saturated carbocycles. The van der Waals surface area contributed by atoms with Gasteiger partial charge in [0.25, 0.3) is 0 Å². The zero-order valence-electron chi connectivity index (χ0n) is 9.60. The third-order valence-electron chi connectivity index (χ3n) is 2.61. The molecule has 0 spiro atoms. The van der Waals surface area contributed by atoms with Crippen LogP contribution >= 0.6 is 15.9 Å². The van der Waals surface area contributed by atoms with E-state index < -0.39 is 12.0 Å². The fraction of sp³-hybridized carbons (Fsp3) is 0.364. The number of benzene rings is 1. The standard InChI is InChI=1S/C11H12BrNO5/c1-16-9-5(2-7(13)11(14)15)10-8(3-6(9)12)17-4-18-10/h3,7H,2,4,13H2,1H3,(H,14,15). The predicted octanol–water partition coefficient (Wildman–Crippen LogP) is 1.14. The minimum atomic E-state index is -1.08. The number of ether oxygens (including phenoxy) is 3. The monoisotopic (exact) mass is 317 g/mol. The van der Waals surface area contributed by atoms with Crippen molar-refractivity contribution < 1.29 is 24.1 Å². The highest BCUT2D eigenvalue weighted by Gasteiger charge is 2.27. The zero-order valence-corrected chi connectivity index (χ0v) is 11.2. The Labute approximate surface area is 112 Å². The van der Waals surface area contributed by atoms with Gasteiger partial charge in [0, 0.05) is 18.1 Å². The molecular weight excluding hydrogens is 306 g/mol. The number of carbonyl (C=O) groups is 1. The van der Waals surface area contributed by atoms with Crippen LogP contribution in [-0.2, 0) is 11.2 Å². The zero-order chi connectivity index (χ0) is 13.3. The molecule has 1 aliphatic heterocycles. The largest absolute Gasteiger partial charge is 0.495 e. The molecule has 7 heteroatoms. The lowest BCUT2D eigenvalue weighted by Crippen LogP contribution is -2.32. The van der Waals surface area contributed by atoms with Crippen molar-refractivity contribution in [3.63, 3.8) is 0 Å². The minimum absolute atomic E-state index is 0.101. The maximum absolute atomic E-state index is 10.8. The van der Waals surface area contributed by atoms with Gasteiger partial charge in [-0.25, -0.2) is 0 Å². The molecule has 1 aliphatic rings. The Balaban J connectivity index is 2.46. The molecule has 2 rings (SSSR count). The second-order valence-corrected chi connectivity index (χ2v) is 4.61. The van der Waals surface area contributed by atoms with Crippen molar-refractivity contribution in [1.29, 1.82) is 0 Å². The van der Waals surface area contributed by atoms with Crippen LogP contribution in [0.5, 0.6) is 17.2 Å². The number of nitrogens with two attached hydrogens (primary N) is 1. The average Bonchev–Trinajstić information content (AvgIpc) is 2.76. The summed E-state index contributed by atoms with van der Waals surface area (Å²) < 4.78 is 16.5. The summed E-state index contributed by atoms with van der Waals surface area (Å²) in [5.41, 5.74) is 6.14. The van der Waals surface area contributed by atoms with Crippen molar-refractivity contribution in [3.8, 4) is 17.2 Å². The Morgan fingerprint density at radius 1 is 1.67 bits per heavy atom. The summed E-state index contributed by atoms with van der Waals surface area (Å²) in [5, 5.41) is 8.88. The number of carboxylic acid groups (broad SMARTS) is 1. The van der Waals surface area contributed by atoms with Gasteiger partial charge in [0.15, 0.2) is 11.5 Å². The number of hydrogen-bond acceptors (Lipinski definition) is 5. The van der Waals surface area contributed by atoms with Crippen molar-refractivity contribution in [2.45, 2.75) is 12.5 Å². The van der Waals surface area contributed by atoms with Gasteiger partial charge in [-0.05, 0) is 15.9 Å². The summed E-state index contributed by atoms with van der Waals surface area (Å²) in [6.07, 6.45) is 0.101. The molecule has 0 bridgehead atoms. The number of halogens is 1. The SMILES string of the molecule is COc1c(Br)cc2c(c1CC(N)C(=O)O)OCO2. The number of rotatable bonds is 4. The van der Waals surface area contributed by atoms with Crippen LogP contribution in [0, 0.1) is 0 Å². The van der Waals surface area contributed by atoms with E-state index in [2.05, 4.69) is 15.9 Å². The lowest BCUT2D eigenvalue weighted by molar-refractivity contribution is -0.138. The van der Waals surface area contributed by atoms with E-state index in [1.165, 1.54) is 7.11 Å². The molecule has 0 amide bonds. The summed E-state index contributed by atoms with van der Waals surface area (Å²) in [4.78, 5) is 10.8. The van der Waals surface area contributed by atoms with E-state index >= 15 is 0 Å². The highest BCUT2D eigenvalue weighted by atomic mass is 79.9. The molecule has 0 aromatic heterocycles. The third-order valence-corrected chi connectivity index (χ3v) is 3.20. The first-order valence-electron chi connectivity index (χ1n) is 5.18. The molecule has 1 heterocycles. The predicted molar refractivity (Wildman–Crippen MR) is 66.1 cm³/mol. The van der Waals surface area contributed by atoms with Crippen LogP contribution in [0.1, 0.15) is 5.56 Å². The normalized spacial score (nSPS) is 14.4. The molecule has 1 atom stereocenters. The summed E-state index contributed by atoms with van der Waals surface area (Å²) in [6.45, 7) is 0.101. The Morgan fingerprint density at radius 2 is 2.39 bits per heavy atom. The second-order valence-electron chi connectivity index (χ2n) is 3.75. The summed E-state index contributed by atoms with van der Waals surface area (Å²) in [5.74, 6) is 0.475. The van der Waals surface area contributed by atoms with Crippen LogP contribution in [-0.4, -0.2) is 31.0 Å². The van der Waals surface area contributed by atoms with Crippen LogP contribution in [0.2, 0.25) is 0 Å². The fourth-order valence-corrected chi connectivity index (χ4v) is 2.38. The van der Waals surface area contributed by atoms with E-state index in [1.807, 2.05) is 0 Å². The summed E-state index contributed by atoms with van der Waals surface area (Å²) in [6, 6.07) is 0.693. The van der Waals surface area contributed by atoms with Crippen LogP contribution in [0.4, 0.5) is 0 Å². The molecule has 18 heavy (non-hydrogen) atoms. The maximum atomic E-state index is 10.8. The molecule has 1 aromatic carbocycles. The molecule has 1 aromatic rings. The van der Waals surface area contributed by atoms with E-state index in [0.717, 1.165) is 0 Å². The van der Waals surface area contributed by atoms with Gasteiger partial charge in [-0.15, -0.1) is 0 Å². The van der Waals surface area contributed by atoms with Gasteiger partial charge in [0.1, 0.15) is 11.8 Å². The first-order chi connectivity index (χ1) is 8.54. The van der Waals surface area contributed by atoms with Gasteiger partial charge >= 0.3 is 5.97 Å². The summed E-state index contributed by atoms with van der Waals surface area (Å²) in [7, 11) is 1.50. The molecule has 0 radical (unpaired) electrons. The lowest BCUT2D eigenvalue weighted by Gasteiger charge is -2.15.